The van der Waals surface area contributed by atoms with Crippen LogP contribution in [-0.4, -0.2) is 29.2 Å². The van der Waals surface area contributed by atoms with Gasteiger partial charge in [-0.25, -0.2) is 8.78 Å². The van der Waals surface area contributed by atoms with E-state index >= 15 is 0 Å². The number of nitro benzene ring substituents is 1. The molecule has 0 unspecified atom stereocenters. The number of benzene rings is 1. The molecule has 5 nitrogen and oxygen atoms in total. The maximum Gasteiger partial charge on any atom is 0.275 e. The number of hydrogen-bond donors (Lipinski definition) is 1. The Morgan fingerprint density at radius 3 is 2.17 bits per heavy atom. The van der Waals surface area contributed by atoms with E-state index in [9.17, 15) is 24.0 Å². The van der Waals surface area contributed by atoms with Crippen molar-refractivity contribution >= 4 is 11.4 Å². The lowest BCUT2D eigenvalue weighted by molar-refractivity contribution is -0.385. The van der Waals surface area contributed by atoms with Gasteiger partial charge >= 0.3 is 0 Å². The summed E-state index contributed by atoms with van der Waals surface area (Å²) in [6, 6.07) is 1.30. The van der Waals surface area contributed by atoms with E-state index in [1.165, 1.54) is 25.8 Å². The zero-order valence-corrected chi connectivity index (χ0v) is 10.3. The van der Waals surface area contributed by atoms with Crippen molar-refractivity contribution in [2.75, 3.05) is 18.5 Å². The Kier molecular flexibility index (Phi) is 3.85. The summed E-state index contributed by atoms with van der Waals surface area (Å²) in [5.41, 5.74) is -2.19. The van der Waals surface area contributed by atoms with Crippen LogP contribution in [0.3, 0.4) is 0 Å². The predicted octanol–water partition coefficient (Wildman–Crippen LogP) is 2.08. The fourth-order valence-electron chi connectivity index (χ4n) is 1.68. The standard InChI is InChI=1S/C11H14F2N2O3/c1-11(2,16)6-14(3)10-8(12)4-7(15(17)18)5-9(10)13/h4-5,16H,6H2,1-3H3. The lowest BCUT2D eigenvalue weighted by Gasteiger charge is -2.27. The van der Waals surface area contributed by atoms with Gasteiger partial charge in [0.25, 0.3) is 5.69 Å². The molecule has 0 spiro atoms. The lowest BCUT2D eigenvalue weighted by atomic mass is 10.1. The molecule has 18 heavy (non-hydrogen) atoms. The molecule has 7 heteroatoms. The molecule has 0 saturated carbocycles. The van der Waals surface area contributed by atoms with Crippen LogP contribution in [0.15, 0.2) is 12.1 Å². The second kappa shape index (κ2) is 4.85. The number of non-ortho nitro benzene ring substituents is 1. The molecule has 0 aliphatic rings. The van der Waals surface area contributed by atoms with Gasteiger partial charge in [0.15, 0.2) is 11.6 Å². The summed E-state index contributed by atoms with van der Waals surface area (Å²) in [7, 11) is 1.39. The van der Waals surface area contributed by atoms with E-state index in [1.807, 2.05) is 0 Å². The number of hydrogen-bond acceptors (Lipinski definition) is 4. The van der Waals surface area contributed by atoms with Gasteiger partial charge in [-0.2, -0.15) is 0 Å². The van der Waals surface area contributed by atoms with Crippen LogP contribution in [0, 0.1) is 21.7 Å². The van der Waals surface area contributed by atoms with Crippen LogP contribution in [0.5, 0.6) is 0 Å². The Balaban J connectivity index is 3.14. The number of halogens is 2. The summed E-state index contributed by atoms with van der Waals surface area (Å²) in [5, 5.41) is 20.0. The van der Waals surface area contributed by atoms with Gasteiger partial charge in [0.05, 0.1) is 22.7 Å². The minimum absolute atomic E-state index is 0.0152. The van der Waals surface area contributed by atoms with Crippen LogP contribution in [0.4, 0.5) is 20.2 Å². The van der Waals surface area contributed by atoms with E-state index < -0.39 is 33.5 Å². The quantitative estimate of drug-likeness (QED) is 0.665. The molecule has 1 aromatic carbocycles. The molecule has 0 atom stereocenters. The summed E-state index contributed by atoms with van der Waals surface area (Å²) in [6.45, 7) is 2.97. The first-order valence-corrected chi connectivity index (χ1v) is 5.19. The molecule has 0 amide bonds. The summed E-state index contributed by atoms with van der Waals surface area (Å²) in [5.74, 6) is -2.07. The molecule has 0 bridgehead atoms. The van der Waals surface area contributed by atoms with Gasteiger partial charge in [-0.05, 0) is 13.8 Å². The third-order valence-electron chi connectivity index (χ3n) is 2.22. The normalized spacial score (nSPS) is 11.4. The molecule has 0 radical (unpaired) electrons. The van der Waals surface area contributed by atoms with Crippen molar-refractivity contribution in [2.24, 2.45) is 0 Å². The molecule has 0 aromatic heterocycles. The summed E-state index contributed by atoms with van der Waals surface area (Å²) < 4.78 is 27.3. The van der Waals surface area contributed by atoms with Crippen molar-refractivity contribution in [1.29, 1.82) is 0 Å². The third-order valence-corrected chi connectivity index (χ3v) is 2.22. The Labute approximate surface area is 103 Å². The van der Waals surface area contributed by atoms with E-state index in [1.54, 1.807) is 0 Å². The van der Waals surface area contributed by atoms with Crippen molar-refractivity contribution in [3.05, 3.63) is 33.9 Å². The van der Waals surface area contributed by atoms with Gasteiger partial charge in [-0.3, -0.25) is 10.1 Å². The second-order valence-electron chi connectivity index (χ2n) is 4.68. The van der Waals surface area contributed by atoms with E-state index in [-0.39, 0.29) is 6.54 Å². The first-order chi connectivity index (χ1) is 8.11. The number of nitro groups is 1. The van der Waals surface area contributed by atoms with Gasteiger partial charge in [0, 0.05) is 13.6 Å². The maximum absolute atomic E-state index is 13.6. The number of nitrogens with zero attached hydrogens (tertiary/aromatic N) is 2. The monoisotopic (exact) mass is 260 g/mol. The molecule has 1 rings (SSSR count). The van der Waals surface area contributed by atoms with Crippen LogP contribution in [0.1, 0.15) is 13.8 Å². The van der Waals surface area contributed by atoms with Gasteiger partial charge in [0.1, 0.15) is 5.69 Å². The second-order valence-corrected chi connectivity index (χ2v) is 4.68. The Morgan fingerprint density at radius 1 is 1.39 bits per heavy atom. The summed E-state index contributed by atoms with van der Waals surface area (Å²) in [4.78, 5) is 10.7. The molecule has 0 aliphatic carbocycles. The fraction of sp³-hybridized carbons (Fsp3) is 0.455. The minimum Gasteiger partial charge on any atom is -0.389 e. The smallest absolute Gasteiger partial charge is 0.275 e. The Morgan fingerprint density at radius 2 is 1.83 bits per heavy atom. The van der Waals surface area contributed by atoms with Crippen LogP contribution < -0.4 is 4.90 Å². The number of likely N-dealkylation sites (N-methyl/N-ethyl adjacent to an activating group) is 1. The van der Waals surface area contributed by atoms with Crippen LogP contribution in [-0.2, 0) is 0 Å². The molecule has 100 valence electrons. The highest BCUT2D eigenvalue weighted by Crippen LogP contribution is 2.28. The topological polar surface area (TPSA) is 66.6 Å². The van der Waals surface area contributed by atoms with Crippen molar-refractivity contribution in [2.45, 2.75) is 19.4 Å². The van der Waals surface area contributed by atoms with Gasteiger partial charge in [0.2, 0.25) is 0 Å². The number of aliphatic hydroxyl groups is 1. The largest absolute Gasteiger partial charge is 0.389 e. The molecule has 1 aromatic rings. The van der Waals surface area contributed by atoms with Crippen LogP contribution in [0.25, 0.3) is 0 Å². The molecule has 0 aliphatic heterocycles. The van der Waals surface area contributed by atoms with Crippen LogP contribution >= 0.6 is 0 Å². The zero-order chi connectivity index (χ0) is 14.1. The third kappa shape index (κ3) is 3.36. The summed E-state index contributed by atoms with van der Waals surface area (Å²) >= 11 is 0. The number of rotatable bonds is 4. The highest BCUT2D eigenvalue weighted by molar-refractivity contribution is 5.53. The molecule has 0 fully saturated rings. The molecule has 0 saturated heterocycles. The minimum atomic E-state index is -1.14. The zero-order valence-electron chi connectivity index (χ0n) is 10.3. The SMILES string of the molecule is CN(CC(C)(C)O)c1c(F)cc([N+](=O)[O-])cc1F. The van der Waals surface area contributed by atoms with E-state index in [0.717, 1.165) is 0 Å². The lowest BCUT2D eigenvalue weighted by Crippen LogP contribution is -2.37. The average molecular weight is 260 g/mol. The van der Waals surface area contributed by atoms with Crippen molar-refractivity contribution < 1.29 is 18.8 Å². The first-order valence-electron chi connectivity index (χ1n) is 5.19. The molecular formula is C11H14F2N2O3. The van der Waals surface area contributed by atoms with Crippen molar-refractivity contribution in [3.8, 4) is 0 Å². The van der Waals surface area contributed by atoms with E-state index in [4.69, 9.17) is 0 Å². The van der Waals surface area contributed by atoms with E-state index in [2.05, 4.69) is 0 Å². The van der Waals surface area contributed by atoms with Crippen LogP contribution in [0.2, 0.25) is 0 Å². The average Bonchev–Trinajstić information content (AvgIpc) is 2.12. The molecule has 1 N–H and O–H groups in total. The first kappa shape index (κ1) is 14.3. The van der Waals surface area contributed by atoms with Gasteiger partial charge in [-0.1, -0.05) is 0 Å². The summed E-state index contributed by atoms with van der Waals surface area (Å²) in [6.07, 6.45) is 0. The highest BCUT2D eigenvalue weighted by Gasteiger charge is 2.23. The number of anilines is 1. The van der Waals surface area contributed by atoms with E-state index in [0.29, 0.717) is 12.1 Å². The molecule has 0 heterocycles. The Hall–Kier alpha value is -1.76. The van der Waals surface area contributed by atoms with Gasteiger partial charge < -0.3 is 10.0 Å². The van der Waals surface area contributed by atoms with Crippen molar-refractivity contribution in [3.63, 3.8) is 0 Å². The highest BCUT2D eigenvalue weighted by atomic mass is 19.1. The fourth-order valence-corrected chi connectivity index (χ4v) is 1.68. The van der Waals surface area contributed by atoms with Gasteiger partial charge in [-0.15, -0.1) is 0 Å². The predicted molar refractivity (Wildman–Crippen MR) is 62.6 cm³/mol. The maximum atomic E-state index is 13.6. The molecular weight excluding hydrogens is 246 g/mol. The van der Waals surface area contributed by atoms with Crippen molar-refractivity contribution in [1.82, 2.24) is 0 Å². The Bertz CT molecular complexity index is 449.